The number of urea groups is 1. The van der Waals surface area contributed by atoms with Crippen LogP contribution < -0.4 is 16.0 Å². The Hall–Kier alpha value is -2.09. The van der Waals surface area contributed by atoms with Gasteiger partial charge in [-0.3, -0.25) is 10.1 Å². The number of aromatic nitrogens is 2. The smallest absolute Gasteiger partial charge is 0.322 e. The van der Waals surface area contributed by atoms with Gasteiger partial charge in [-0.05, 0) is 44.6 Å². The van der Waals surface area contributed by atoms with Crippen LogP contribution >= 0.6 is 11.6 Å². The van der Waals surface area contributed by atoms with Crippen molar-refractivity contribution in [3.8, 4) is 0 Å². The largest absolute Gasteiger partial charge is 0.353 e. The Kier molecular flexibility index (Phi) is 6.04. The lowest BCUT2D eigenvalue weighted by Gasteiger charge is -2.42. The fourth-order valence-electron chi connectivity index (χ4n) is 3.83. The summed E-state index contributed by atoms with van der Waals surface area (Å²) in [5.74, 6) is 1.11. The quantitative estimate of drug-likeness (QED) is 0.680. The summed E-state index contributed by atoms with van der Waals surface area (Å²) in [6.45, 7) is 1.96. The summed E-state index contributed by atoms with van der Waals surface area (Å²) in [5, 5.41) is 9.26. The maximum Gasteiger partial charge on any atom is 0.322 e. The molecule has 3 rings (SSSR count). The van der Waals surface area contributed by atoms with Crippen LogP contribution in [-0.4, -0.2) is 58.4 Å². The lowest BCUT2D eigenvalue weighted by atomic mass is 9.74. The maximum absolute atomic E-state index is 12.6. The number of alkyl halides is 1. The van der Waals surface area contributed by atoms with Gasteiger partial charge >= 0.3 is 6.03 Å². The highest BCUT2D eigenvalue weighted by Gasteiger charge is 2.41. The first-order valence-electron chi connectivity index (χ1n) is 9.36. The van der Waals surface area contributed by atoms with Gasteiger partial charge in [-0.1, -0.05) is 0 Å². The zero-order valence-electron chi connectivity index (χ0n) is 15.9. The van der Waals surface area contributed by atoms with E-state index in [1.807, 2.05) is 6.92 Å². The van der Waals surface area contributed by atoms with Crippen LogP contribution in [0.2, 0.25) is 0 Å². The molecule has 1 aliphatic heterocycles. The summed E-state index contributed by atoms with van der Waals surface area (Å²) in [6.07, 6.45) is 5.24. The van der Waals surface area contributed by atoms with E-state index in [0.717, 1.165) is 25.7 Å². The van der Waals surface area contributed by atoms with Gasteiger partial charge in [-0.15, -0.1) is 11.6 Å². The minimum atomic E-state index is -0.265. The standard InChI is InChI=1S/C18H27ClN6O2/c1-10(13-9-11-8-12(19)4-5-14(11)22-16(13)26)21-17-20-7-6-15(23-17)24-18(27)25(2)3/h6-7,10-14H,4-5,8-9H2,1-3H3,(H,22,26)(H2,20,21,23,24,27)/t10-,11?,12?,13?,14?/m0/s1. The van der Waals surface area contributed by atoms with E-state index in [9.17, 15) is 9.59 Å². The van der Waals surface area contributed by atoms with Crippen molar-refractivity contribution in [2.45, 2.75) is 50.1 Å². The van der Waals surface area contributed by atoms with Gasteiger partial charge in [0.25, 0.3) is 0 Å². The molecule has 2 aliphatic rings. The summed E-state index contributed by atoms with van der Waals surface area (Å²) in [5.41, 5.74) is 0. The molecule has 148 valence electrons. The predicted octanol–water partition coefficient (Wildman–Crippen LogP) is 2.28. The van der Waals surface area contributed by atoms with Gasteiger partial charge in [0.15, 0.2) is 0 Å². The number of fused-ring (bicyclic) bond motifs is 1. The topological polar surface area (TPSA) is 99.2 Å². The Bertz CT molecular complexity index is 700. The van der Waals surface area contributed by atoms with Crippen LogP contribution in [0.3, 0.4) is 0 Å². The Balaban J connectivity index is 1.63. The Labute approximate surface area is 164 Å². The van der Waals surface area contributed by atoms with Crippen LogP contribution in [0, 0.1) is 11.8 Å². The molecule has 5 atom stereocenters. The number of hydrogen-bond acceptors (Lipinski definition) is 5. The number of carbonyl (C=O) groups excluding carboxylic acids is 2. The second-order valence-corrected chi connectivity index (χ2v) is 8.27. The molecule has 0 bridgehead atoms. The molecule has 3 amide bonds. The summed E-state index contributed by atoms with van der Waals surface area (Å²) >= 11 is 6.32. The van der Waals surface area contributed by atoms with Crippen molar-refractivity contribution in [1.82, 2.24) is 20.2 Å². The Morgan fingerprint density at radius 3 is 2.89 bits per heavy atom. The SMILES string of the molecule is C[C@H](Nc1nccc(NC(=O)N(C)C)n1)C1CC2CC(Cl)CCC2NC1=O. The maximum atomic E-state index is 12.6. The molecule has 4 unspecified atom stereocenters. The molecule has 0 radical (unpaired) electrons. The zero-order valence-corrected chi connectivity index (χ0v) is 16.7. The molecule has 3 N–H and O–H groups in total. The van der Waals surface area contributed by atoms with Crippen LogP contribution in [0.4, 0.5) is 16.6 Å². The van der Waals surface area contributed by atoms with Crippen LogP contribution in [-0.2, 0) is 4.79 Å². The number of carbonyl (C=O) groups is 2. The van der Waals surface area contributed by atoms with E-state index < -0.39 is 0 Å². The van der Waals surface area contributed by atoms with Crippen LogP contribution in [0.25, 0.3) is 0 Å². The van der Waals surface area contributed by atoms with Crippen molar-refractivity contribution in [2.75, 3.05) is 24.7 Å². The minimum absolute atomic E-state index is 0.0707. The molecular formula is C18H27ClN6O2. The molecule has 8 nitrogen and oxygen atoms in total. The van der Waals surface area contributed by atoms with Crippen LogP contribution in [0.5, 0.6) is 0 Å². The van der Waals surface area contributed by atoms with Gasteiger partial charge in [0.05, 0.1) is 5.92 Å². The second kappa shape index (κ2) is 8.29. The first-order chi connectivity index (χ1) is 12.8. The van der Waals surface area contributed by atoms with Crippen molar-refractivity contribution in [3.05, 3.63) is 12.3 Å². The van der Waals surface area contributed by atoms with Crippen LogP contribution in [0.15, 0.2) is 12.3 Å². The molecule has 2 fully saturated rings. The number of nitrogens with one attached hydrogen (secondary N) is 3. The molecule has 1 saturated heterocycles. The van der Waals surface area contributed by atoms with Crippen molar-refractivity contribution in [1.29, 1.82) is 0 Å². The van der Waals surface area contributed by atoms with Crippen molar-refractivity contribution < 1.29 is 9.59 Å². The molecule has 1 aromatic heterocycles. The van der Waals surface area contributed by atoms with Crippen molar-refractivity contribution in [3.63, 3.8) is 0 Å². The Morgan fingerprint density at radius 2 is 2.15 bits per heavy atom. The van der Waals surface area contributed by atoms with Gasteiger partial charge < -0.3 is 15.5 Å². The zero-order chi connectivity index (χ0) is 19.6. The van der Waals surface area contributed by atoms with Crippen molar-refractivity contribution >= 4 is 35.3 Å². The number of anilines is 2. The molecule has 1 saturated carbocycles. The van der Waals surface area contributed by atoms with Crippen LogP contribution in [0.1, 0.15) is 32.6 Å². The molecule has 1 aromatic rings. The fourth-order valence-corrected chi connectivity index (χ4v) is 4.19. The number of piperidine rings is 1. The molecule has 1 aliphatic carbocycles. The first kappa shape index (κ1) is 19.7. The molecule has 0 spiro atoms. The second-order valence-electron chi connectivity index (χ2n) is 7.65. The van der Waals surface area contributed by atoms with E-state index in [-0.39, 0.29) is 35.3 Å². The van der Waals surface area contributed by atoms with E-state index in [0.29, 0.717) is 17.7 Å². The number of hydrogen-bond donors (Lipinski definition) is 3. The van der Waals surface area contributed by atoms with Gasteiger partial charge in [0, 0.05) is 37.8 Å². The summed E-state index contributed by atoms with van der Waals surface area (Å²) in [4.78, 5) is 34.3. The van der Waals surface area contributed by atoms with E-state index >= 15 is 0 Å². The summed E-state index contributed by atoms with van der Waals surface area (Å²) in [7, 11) is 3.31. The van der Waals surface area contributed by atoms with Crippen molar-refractivity contribution in [2.24, 2.45) is 11.8 Å². The molecule has 2 heterocycles. The third-order valence-electron chi connectivity index (χ3n) is 5.40. The number of halogens is 1. The van der Waals surface area contributed by atoms with E-state index in [1.165, 1.54) is 4.90 Å². The normalized spacial score (nSPS) is 28.5. The average molecular weight is 395 g/mol. The number of rotatable bonds is 4. The van der Waals surface area contributed by atoms with E-state index in [4.69, 9.17) is 11.6 Å². The minimum Gasteiger partial charge on any atom is -0.353 e. The highest BCUT2D eigenvalue weighted by molar-refractivity contribution is 6.20. The molecular weight excluding hydrogens is 368 g/mol. The predicted molar refractivity (Wildman–Crippen MR) is 105 cm³/mol. The fraction of sp³-hybridized carbons (Fsp3) is 0.667. The van der Waals surface area contributed by atoms with E-state index in [2.05, 4.69) is 25.9 Å². The molecule has 27 heavy (non-hydrogen) atoms. The highest BCUT2D eigenvalue weighted by Crippen LogP contribution is 2.36. The summed E-state index contributed by atoms with van der Waals surface area (Å²) in [6, 6.07) is 1.47. The number of amides is 3. The third-order valence-corrected chi connectivity index (χ3v) is 5.79. The Morgan fingerprint density at radius 1 is 1.37 bits per heavy atom. The monoisotopic (exact) mass is 394 g/mol. The third kappa shape index (κ3) is 4.80. The first-order valence-corrected chi connectivity index (χ1v) is 9.79. The van der Waals surface area contributed by atoms with Gasteiger partial charge in [0.1, 0.15) is 5.82 Å². The van der Waals surface area contributed by atoms with Gasteiger partial charge in [0.2, 0.25) is 11.9 Å². The lowest BCUT2D eigenvalue weighted by Crippen LogP contribution is -2.55. The average Bonchev–Trinajstić information content (AvgIpc) is 2.61. The number of nitrogens with zero attached hydrogens (tertiary/aromatic N) is 3. The summed E-state index contributed by atoms with van der Waals surface area (Å²) < 4.78 is 0. The lowest BCUT2D eigenvalue weighted by molar-refractivity contribution is -0.130. The van der Waals surface area contributed by atoms with Gasteiger partial charge in [-0.25, -0.2) is 9.78 Å². The van der Waals surface area contributed by atoms with E-state index in [1.54, 1.807) is 26.4 Å². The molecule has 0 aromatic carbocycles. The van der Waals surface area contributed by atoms with Gasteiger partial charge in [-0.2, -0.15) is 4.98 Å². The molecule has 9 heteroatoms. The highest BCUT2D eigenvalue weighted by atomic mass is 35.5.